The van der Waals surface area contributed by atoms with Crippen LogP contribution < -0.4 is 0 Å². The Bertz CT molecular complexity index is 338. The predicted molar refractivity (Wildman–Crippen MR) is 49.3 cm³/mol. The Morgan fingerprint density at radius 1 is 1.62 bits per heavy atom. The number of carboxylic acid groups (broad SMARTS) is 1. The first-order chi connectivity index (χ1) is 6.18. The maximum Gasteiger partial charge on any atom is 0.336 e. The van der Waals surface area contributed by atoms with Crippen LogP contribution in [-0.2, 0) is 5.41 Å². The summed E-state index contributed by atoms with van der Waals surface area (Å²) in [5, 5.41) is 19.5. The van der Waals surface area contributed by atoms with Crippen LogP contribution in [0.15, 0.2) is 11.4 Å². The number of aliphatic hydroxyl groups is 1. The number of thiophene rings is 1. The van der Waals surface area contributed by atoms with E-state index < -0.39 is 5.97 Å². The molecule has 1 heterocycles. The van der Waals surface area contributed by atoms with Gasteiger partial charge < -0.3 is 10.2 Å². The average molecular weight is 198 g/mol. The maximum atomic E-state index is 10.6. The molecule has 0 saturated heterocycles. The fourth-order valence-electron chi connectivity index (χ4n) is 1.36. The van der Waals surface area contributed by atoms with Crippen molar-refractivity contribution in [1.82, 2.24) is 0 Å². The summed E-state index contributed by atoms with van der Waals surface area (Å²) in [5.41, 5.74) is 0.234. The lowest BCUT2D eigenvalue weighted by Crippen LogP contribution is -2.09. The van der Waals surface area contributed by atoms with Crippen molar-refractivity contribution in [2.45, 2.75) is 18.3 Å². The summed E-state index contributed by atoms with van der Waals surface area (Å²) in [7, 11) is 0. The highest BCUT2D eigenvalue weighted by molar-refractivity contribution is 7.10. The van der Waals surface area contributed by atoms with E-state index in [4.69, 9.17) is 10.2 Å². The quantitative estimate of drug-likeness (QED) is 0.773. The van der Waals surface area contributed by atoms with E-state index in [0.717, 1.165) is 17.7 Å². The molecule has 0 unspecified atom stereocenters. The second kappa shape index (κ2) is 2.82. The maximum absolute atomic E-state index is 10.6. The van der Waals surface area contributed by atoms with Gasteiger partial charge in [-0.25, -0.2) is 4.79 Å². The zero-order valence-corrected chi connectivity index (χ0v) is 7.80. The Labute approximate surface area is 79.6 Å². The van der Waals surface area contributed by atoms with Crippen LogP contribution in [0.2, 0.25) is 0 Å². The second-order valence-corrected chi connectivity index (χ2v) is 4.35. The zero-order chi connectivity index (χ0) is 9.47. The number of carboxylic acids is 1. The molecule has 1 aromatic rings. The molecule has 0 aliphatic heterocycles. The third-order valence-corrected chi connectivity index (χ3v) is 3.70. The van der Waals surface area contributed by atoms with Crippen LogP contribution in [0.4, 0.5) is 0 Å². The average Bonchev–Trinajstić information content (AvgIpc) is 2.75. The fraction of sp³-hybridized carbons (Fsp3) is 0.444. The fourth-order valence-corrected chi connectivity index (χ4v) is 2.50. The molecule has 2 rings (SSSR count). The van der Waals surface area contributed by atoms with E-state index in [0.29, 0.717) is 5.56 Å². The van der Waals surface area contributed by atoms with Gasteiger partial charge in [-0.05, 0) is 18.9 Å². The molecule has 4 heteroatoms. The van der Waals surface area contributed by atoms with Crippen LogP contribution in [0, 0.1) is 0 Å². The van der Waals surface area contributed by atoms with Crippen LogP contribution in [0.5, 0.6) is 0 Å². The van der Waals surface area contributed by atoms with Gasteiger partial charge in [0.25, 0.3) is 0 Å². The summed E-state index contributed by atoms with van der Waals surface area (Å²) in [6.45, 7) is 0.132. The number of carbonyl (C=O) groups is 1. The molecule has 0 amide bonds. The third-order valence-electron chi connectivity index (χ3n) is 2.53. The highest BCUT2D eigenvalue weighted by Gasteiger charge is 2.45. The van der Waals surface area contributed by atoms with Crippen molar-refractivity contribution >= 4 is 17.3 Å². The van der Waals surface area contributed by atoms with Crippen molar-refractivity contribution in [1.29, 1.82) is 0 Å². The van der Waals surface area contributed by atoms with Crippen molar-refractivity contribution in [2.24, 2.45) is 0 Å². The third kappa shape index (κ3) is 1.36. The summed E-state index contributed by atoms with van der Waals surface area (Å²) in [5.74, 6) is -0.892. The monoisotopic (exact) mass is 198 g/mol. The lowest BCUT2D eigenvalue weighted by atomic mass is 10.1. The van der Waals surface area contributed by atoms with E-state index in [2.05, 4.69) is 0 Å². The van der Waals surface area contributed by atoms with Crippen molar-refractivity contribution in [3.05, 3.63) is 21.9 Å². The molecule has 1 fully saturated rings. The molecule has 1 aliphatic carbocycles. The highest BCUT2D eigenvalue weighted by Crippen LogP contribution is 2.49. The smallest absolute Gasteiger partial charge is 0.336 e. The summed E-state index contributed by atoms with van der Waals surface area (Å²) in [6, 6.07) is 1.68. The molecule has 0 aromatic carbocycles. The van der Waals surface area contributed by atoms with Crippen LogP contribution in [0.25, 0.3) is 0 Å². The van der Waals surface area contributed by atoms with Gasteiger partial charge in [0.05, 0.1) is 12.2 Å². The van der Waals surface area contributed by atoms with Crippen molar-refractivity contribution < 1.29 is 15.0 Å². The zero-order valence-electron chi connectivity index (χ0n) is 6.99. The molecular formula is C9H10O3S. The SMILES string of the molecule is O=C(O)c1csc(C2(CO)CC2)c1. The van der Waals surface area contributed by atoms with Crippen LogP contribution >= 0.6 is 11.3 Å². The minimum atomic E-state index is -0.892. The molecule has 3 nitrogen and oxygen atoms in total. The number of rotatable bonds is 3. The summed E-state index contributed by atoms with van der Waals surface area (Å²) >= 11 is 1.43. The Kier molecular flexibility index (Phi) is 1.89. The topological polar surface area (TPSA) is 57.5 Å². The van der Waals surface area contributed by atoms with Gasteiger partial charge >= 0.3 is 5.97 Å². The first-order valence-corrected chi connectivity index (χ1v) is 4.99. The van der Waals surface area contributed by atoms with Gasteiger partial charge in [-0.3, -0.25) is 0 Å². The number of aliphatic hydroxyl groups excluding tert-OH is 1. The summed E-state index contributed by atoms with van der Waals surface area (Å²) < 4.78 is 0. The molecular weight excluding hydrogens is 188 g/mol. The van der Waals surface area contributed by atoms with Gasteiger partial charge in [0, 0.05) is 15.7 Å². The first-order valence-electron chi connectivity index (χ1n) is 4.11. The van der Waals surface area contributed by atoms with Crippen LogP contribution in [0.1, 0.15) is 28.1 Å². The molecule has 70 valence electrons. The molecule has 0 radical (unpaired) electrons. The molecule has 0 spiro atoms. The lowest BCUT2D eigenvalue weighted by molar-refractivity contribution is 0.0697. The summed E-state index contributed by atoms with van der Waals surface area (Å²) in [6.07, 6.45) is 1.95. The Morgan fingerprint density at radius 2 is 2.31 bits per heavy atom. The minimum absolute atomic E-state index is 0.0988. The number of hydrogen-bond acceptors (Lipinski definition) is 3. The van der Waals surface area contributed by atoms with E-state index in [-0.39, 0.29) is 12.0 Å². The first kappa shape index (κ1) is 8.72. The molecule has 13 heavy (non-hydrogen) atoms. The van der Waals surface area contributed by atoms with E-state index in [1.54, 1.807) is 11.4 Å². The molecule has 1 saturated carbocycles. The minimum Gasteiger partial charge on any atom is -0.478 e. The largest absolute Gasteiger partial charge is 0.478 e. The molecule has 2 N–H and O–H groups in total. The Morgan fingerprint density at radius 3 is 2.69 bits per heavy atom. The van der Waals surface area contributed by atoms with Gasteiger partial charge in [0.1, 0.15) is 0 Å². The number of hydrogen-bond donors (Lipinski definition) is 2. The second-order valence-electron chi connectivity index (χ2n) is 3.44. The van der Waals surface area contributed by atoms with Crippen molar-refractivity contribution in [2.75, 3.05) is 6.61 Å². The molecule has 0 atom stereocenters. The van der Waals surface area contributed by atoms with E-state index in [1.165, 1.54) is 11.3 Å². The molecule has 1 aliphatic rings. The van der Waals surface area contributed by atoms with Crippen LogP contribution in [0.3, 0.4) is 0 Å². The van der Waals surface area contributed by atoms with E-state index >= 15 is 0 Å². The lowest BCUT2D eigenvalue weighted by Gasteiger charge is -2.06. The summed E-state index contributed by atoms with van der Waals surface area (Å²) in [4.78, 5) is 11.6. The van der Waals surface area contributed by atoms with E-state index in [1.807, 2.05) is 0 Å². The predicted octanol–water partition coefficient (Wildman–Crippen LogP) is 1.47. The Balaban J connectivity index is 2.28. The number of aromatic carboxylic acids is 1. The van der Waals surface area contributed by atoms with Gasteiger partial charge in [-0.15, -0.1) is 11.3 Å². The van der Waals surface area contributed by atoms with Gasteiger partial charge in [0.15, 0.2) is 0 Å². The van der Waals surface area contributed by atoms with Gasteiger partial charge in [-0.2, -0.15) is 0 Å². The van der Waals surface area contributed by atoms with Gasteiger partial charge in [0.2, 0.25) is 0 Å². The van der Waals surface area contributed by atoms with Crippen LogP contribution in [-0.4, -0.2) is 22.8 Å². The standard InChI is InChI=1S/C9H10O3S/c10-5-9(1-2-9)7-3-6(4-13-7)8(11)12/h3-4,10H,1-2,5H2,(H,11,12). The normalized spacial score (nSPS) is 18.5. The van der Waals surface area contributed by atoms with Gasteiger partial charge in [-0.1, -0.05) is 0 Å². The molecule has 1 aromatic heterocycles. The van der Waals surface area contributed by atoms with Crippen molar-refractivity contribution in [3.63, 3.8) is 0 Å². The van der Waals surface area contributed by atoms with E-state index in [9.17, 15) is 4.79 Å². The Hall–Kier alpha value is -0.870. The van der Waals surface area contributed by atoms with Crippen molar-refractivity contribution in [3.8, 4) is 0 Å². The molecule has 0 bridgehead atoms. The highest BCUT2D eigenvalue weighted by atomic mass is 32.1.